The standard InChI is InChI=1S/C15H21NO2S/c1-17-13-4-2-3-11(9-15(16)6-7-15)14(13)18-12-5-8-19-10-12/h2-4,12H,5-10,16H2,1H3. The Bertz CT molecular complexity index is 453. The Kier molecular flexibility index (Phi) is 3.63. The highest BCUT2D eigenvalue weighted by atomic mass is 32.2. The van der Waals surface area contributed by atoms with Gasteiger partial charge in [-0.05, 0) is 43.1 Å². The van der Waals surface area contributed by atoms with Gasteiger partial charge in [0.05, 0.1) is 7.11 Å². The molecule has 1 saturated carbocycles. The van der Waals surface area contributed by atoms with Gasteiger partial charge in [0.15, 0.2) is 11.5 Å². The summed E-state index contributed by atoms with van der Waals surface area (Å²) in [6.07, 6.45) is 4.55. The van der Waals surface area contributed by atoms with Gasteiger partial charge < -0.3 is 15.2 Å². The number of para-hydroxylation sites is 1. The molecule has 1 unspecified atom stereocenters. The first-order valence-electron chi connectivity index (χ1n) is 6.89. The number of rotatable bonds is 5. The maximum absolute atomic E-state index is 6.25. The molecule has 1 aliphatic carbocycles. The van der Waals surface area contributed by atoms with Crippen molar-refractivity contribution in [3.05, 3.63) is 23.8 Å². The Morgan fingerprint density at radius 3 is 2.89 bits per heavy atom. The number of nitrogens with two attached hydrogens (primary N) is 1. The van der Waals surface area contributed by atoms with Crippen molar-refractivity contribution in [1.29, 1.82) is 0 Å². The summed E-state index contributed by atoms with van der Waals surface area (Å²) in [5.41, 5.74) is 7.43. The molecule has 0 amide bonds. The third kappa shape index (κ3) is 3.00. The number of ether oxygens (including phenoxy) is 2. The summed E-state index contributed by atoms with van der Waals surface area (Å²) in [6, 6.07) is 6.11. The Hall–Kier alpha value is -0.870. The van der Waals surface area contributed by atoms with Gasteiger partial charge in [0, 0.05) is 11.3 Å². The van der Waals surface area contributed by atoms with Crippen LogP contribution in [0.15, 0.2) is 18.2 Å². The molecule has 1 heterocycles. The molecule has 19 heavy (non-hydrogen) atoms. The Labute approximate surface area is 118 Å². The number of thioether (sulfide) groups is 1. The van der Waals surface area contributed by atoms with Gasteiger partial charge in [-0.2, -0.15) is 11.8 Å². The topological polar surface area (TPSA) is 44.5 Å². The first-order valence-corrected chi connectivity index (χ1v) is 8.05. The third-order valence-corrected chi connectivity index (χ3v) is 5.02. The molecular formula is C15H21NO2S. The van der Waals surface area contributed by atoms with Crippen molar-refractivity contribution in [2.24, 2.45) is 5.73 Å². The fourth-order valence-electron chi connectivity index (χ4n) is 2.48. The lowest BCUT2D eigenvalue weighted by molar-refractivity contribution is 0.215. The normalized spacial score (nSPS) is 24.2. The molecule has 0 aromatic heterocycles. The molecule has 104 valence electrons. The first-order chi connectivity index (χ1) is 9.20. The van der Waals surface area contributed by atoms with Crippen LogP contribution in [-0.4, -0.2) is 30.3 Å². The molecule has 2 N–H and O–H groups in total. The van der Waals surface area contributed by atoms with Crippen molar-refractivity contribution in [3.63, 3.8) is 0 Å². The summed E-state index contributed by atoms with van der Waals surface area (Å²) in [5, 5.41) is 0. The molecule has 3 rings (SSSR count). The van der Waals surface area contributed by atoms with Crippen molar-refractivity contribution in [2.45, 2.75) is 37.3 Å². The molecule has 2 aliphatic rings. The lowest BCUT2D eigenvalue weighted by atomic mass is 10.0. The zero-order valence-corrected chi connectivity index (χ0v) is 12.2. The molecule has 1 atom stereocenters. The fraction of sp³-hybridized carbons (Fsp3) is 0.600. The number of hydrogen-bond donors (Lipinski definition) is 1. The van der Waals surface area contributed by atoms with E-state index < -0.39 is 0 Å². The van der Waals surface area contributed by atoms with E-state index in [1.807, 2.05) is 23.9 Å². The summed E-state index contributed by atoms with van der Waals surface area (Å²) in [4.78, 5) is 0. The van der Waals surface area contributed by atoms with Crippen LogP contribution in [0.2, 0.25) is 0 Å². The molecule has 1 aromatic carbocycles. The summed E-state index contributed by atoms with van der Waals surface area (Å²) in [5.74, 6) is 4.01. The lowest BCUT2D eigenvalue weighted by Crippen LogP contribution is -2.25. The van der Waals surface area contributed by atoms with Gasteiger partial charge in [0.1, 0.15) is 6.10 Å². The molecule has 1 aromatic rings. The predicted octanol–water partition coefficient (Wildman–Crippen LogP) is 2.61. The molecule has 1 saturated heterocycles. The van der Waals surface area contributed by atoms with Gasteiger partial charge in [-0.25, -0.2) is 0 Å². The lowest BCUT2D eigenvalue weighted by Gasteiger charge is -2.20. The first kappa shape index (κ1) is 13.1. The average molecular weight is 279 g/mol. The highest BCUT2D eigenvalue weighted by molar-refractivity contribution is 7.99. The van der Waals surface area contributed by atoms with Crippen LogP contribution in [0.4, 0.5) is 0 Å². The van der Waals surface area contributed by atoms with Crippen LogP contribution in [0, 0.1) is 0 Å². The maximum atomic E-state index is 6.25. The van der Waals surface area contributed by atoms with Crippen LogP contribution >= 0.6 is 11.8 Å². The van der Waals surface area contributed by atoms with Gasteiger partial charge in [-0.3, -0.25) is 0 Å². The maximum Gasteiger partial charge on any atom is 0.164 e. The van der Waals surface area contributed by atoms with Crippen molar-refractivity contribution < 1.29 is 9.47 Å². The van der Waals surface area contributed by atoms with Crippen molar-refractivity contribution in [1.82, 2.24) is 0 Å². The monoisotopic (exact) mass is 279 g/mol. The van der Waals surface area contributed by atoms with Gasteiger partial charge in [0.25, 0.3) is 0 Å². The molecule has 3 nitrogen and oxygen atoms in total. The van der Waals surface area contributed by atoms with Crippen molar-refractivity contribution in [2.75, 3.05) is 18.6 Å². The zero-order valence-electron chi connectivity index (χ0n) is 11.4. The quantitative estimate of drug-likeness (QED) is 0.900. The summed E-state index contributed by atoms with van der Waals surface area (Å²) >= 11 is 1.96. The molecule has 1 aliphatic heterocycles. The Morgan fingerprint density at radius 2 is 2.26 bits per heavy atom. The van der Waals surface area contributed by atoms with E-state index in [2.05, 4.69) is 6.07 Å². The predicted molar refractivity (Wildman–Crippen MR) is 79.2 cm³/mol. The highest BCUT2D eigenvalue weighted by Gasteiger charge is 2.39. The van der Waals surface area contributed by atoms with E-state index in [0.29, 0.717) is 6.10 Å². The van der Waals surface area contributed by atoms with Crippen molar-refractivity contribution in [3.8, 4) is 11.5 Å². The summed E-state index contributed by atoms with van der Waals surface area (Å²) in [6.45, 7) is 0. The molecule has 0 radical (unpaired) electrons. The van der Waals surface area contributed by atoms with E-state index in [0.717, 1.165) is 42.9 Å². The Balaban J connectivity index is 1.84. The van der Waals surface area contributed by atoms with E-state index in [4.69, 9.17) is 15.2 Å². The average Bonchev–Trinajstić information content (AvgIpc) is 2.92. The van der Waals surface area contributed by atoms with Gasteiger partial charge in [-0.15, -0.1) is 0 Å². The minimum atomic E-state index is -0.00506. The van der Waals surface area contributed by atoms with E-state index in [-0.39, 0.29) is 5.54 Å². The van der Waals surface area contributed by atoms with Gasteiger partial charge in [0.2, 0.25) is 0 Å². The van der Waals surface area contributed by atoms with E-state index in [9.17, 15) is 0 Å². The van der Waals surface area contributed by atoms with Crippen LogP contribution < -0.4 is 15.2 Å². The molecule has 2 fully saturated rings. The van der Waals surface area contributed by atoms with E-state index >= 15 is 0 Å². The van der Waals surface area contributed by atoms with E-state index in [1.165, 1.54) is 11.3 Å². The molecule has 0 bridgehead atoms. The number of hydrogen-bond acceptors (Lipinski definition) is 4. The number of methoxy groups -OCH3 is 1. The molecule has 0 spiro atoms. The van der Waals surface area contributed by atoms with Gasteiger partial charge in [-0.1, -0.05) is 12.1 Å². The minimum Gasteiger partial charge on any atom is -0.493 e. The smallest absolute Gasteiger partial charge is 0.164 e. The van der Waals surface area contributed by atoms with Crippen LogP contribution in [0.3, 0.4) is 0 Å². The van der Waals surface area contributed by atoms with Crippen LogP contribution in [0.5, 0.6) is 11.5 Å². The minimum absolute atomic E-state index is 0.00506. The van der Waals surface area contributed by atoms with Crippen LogP contribution in [0.25, 0.3) is 0 Å². The van der Waals surface area contributed by atoms with Gasteiger partial charge >= 0.3 is 0 Å². The SMILES string of the molecule is COc1cccc(CC2(N)CC2)c1OC1CCSC1. The third-order valence-electron chi connectivity index (χ3n) is 3.89. The summed E-state index contributed by atoms with van der Waals surface area (Å²) < 4.78 is 11.7. The second kappa shape index (κ2) is 5.25. The second-order valence-electron chi connectivity index (χ2n) is 5.59. The molecule has 4 heteroatoms. The van der Waals surface area contributed by atoms with E-state index in [1.54, 1.807) is 7.11 Å². The van der Waals surface area contributed by atoms with Crippen LogP contribution in [-0.2, 0) is 6.42 Å². The highest BCUT2D eigenvalue weighted by Crippen LogP contribution is 2.41. The molecular weight excluding hydrogens is 258 g/mol. The Morgan fingerprint density at radius 1 is 1.42 bits per heavy atom. The fourth-order valence-corrected chi connectivity index (χ4v) is 3.58. The largest absolute Gasteiger partial charge is 0.493 e. The number of benzene rings is 1. The van der Waals surface area contributed by atoms with Crippen molar-refractivity contribution >= 4 is 11.8 Å². The second-order valence-corrected chi connectivity index (χ2v) is 6.74. The zero-order chi connectivity index (χ0) is 13.3. The van der Waals surface area contributed by atoms with Crippen LogP contribution in [0.1, 0.15) is 24.8 Å². The summed E-state index contributed by atoms with van der Waals surface area (Å²) in [7, 11) is 1.70.